The number of benzene rings is 2. The van der Waals surface area contributed by atoms with Crippen molar-refractivity contribution in [2.24, 2.45) is 11.3 Å². The van der Waals surface area contributed by atoms with Crippen LogP contribution in [0.3, 0.4) is 0 Å². The van der Waals surface area contributed by atoms with E-state index in [0.717, 1.165) is 30.4 Å². The maximum atomic E-state index is 13.1. The van der Waals surface area contributed by atoms with E-state index in [1.165, 1.54) is 12.1 Å². The fraction of sp³-hybridized carbons (Fsp3) is 0.391. The molecular formula is C23H24FNO4. The van der Waals surface area contributed by atoms with Gasteiger partial charge in [0.1, 0.15) is 23.6 Å². The summed E-state index contributed by atoms with van der Waals surface area (Å²) in [5, 5.41) is 9.82. The van der Waals surface area contributed by atoms with E-state index in [-0.39, 0.29) is 30.8 Å². The Kier molecular flexibility index (Phi) is 5.26. The van der Waals surface area contributed by atoms with E-state index in [4.69, 9.17) is 4.74 Å². The summed E-state index contributed by atoms with van der Waals surface area (Å²) in [4.78, 5) is 26.2. The van der Waals surface area contributed by atoms with Crippen molar-refractivity contribution in [1.82, 2.24) is 4.90 Å². The van der Waals surface area contributed by atoms with E-state index >= 15 is 0 Å². The molecule has 152 valence electrons. The molecule has 1 atom stereocenters. The number of amides is 1. The van der Waals surface area contributed by atoms with Crippen LogP contribution in [0.25, 0.3) is 11.1 Å². The second kappa shape index (κ2) is 7.85. The number of carboxylic acid groups (broad SMARTS) is 1. The highest BCUT2D eigenvalue weighted by molar-refractivity contribution is 5.82. The molecule has 6 heteroatoms. The van der Waals surface area contributed by atoms with Crippen molar-refractivity contribution >= 4 is 11.9 Å². The maximum absolute atomic E-state index is 13.1. The van der Waals surface area contributed by atoms with Gasteiger partial charge in [-0.05, 0) is 54.7 Å². The molecule has 1 N–H and O–H groups in total. The van der Waals surface area contributed by atoms with E-state index in [1.807, 2.05) is 12.1 Å². The minimum atomic E-state index is -1.07. The van der Waals surface area contributed by atoms with Crippen molar-refractivity contribution in [3.8, 4) is 16.9 Å². The number of ether oxygens (including phenoxy) is 1. The van der Waals surface area contributed by atoms with E-state index < -0.39 is 11.4 Å². The van der Waals surface area contributed by atoms with Gasteiger partial charge in [-0.25, -0.2) is 4.39 Å². The Morgan fingerprint density at radius 3 is 2.24 bits per heavy atom. The Balaban J connectivity index is 1.40. The minimum absolute atomic E-state index is 0.0205. The summed E-state index contributed by atoms with van der Waals surface area (Å²) in [6.07, 6.45) is 3.29. The molecule has 1 saturated heterocycles. The summed E-state index contributed by atoms with van der Waals surface area (Å²) in [5.41, 5.74) is 0.735. The van der Waals surface area contributed by atoms with Crippen LogP contribution >= 0.6 is 0 Å². The standard InChI is InChI=1S/C23H24FNO4/c24-19-8-4-16(5-9-19)17-6-10-20(11-7-17)29-15-23(22(27)28)12-13-25(14-23)21(26)18-2-1-3-18/h4-11,18H,1-3,12-15H2,(H,27,28). The van der Waals surface area contributed by atoms with Crippen molar-refractivity contribution in [2.75, 3.05) is 19.7 Å². The number of hydrogen-bond donors (Lipinski definition) is 1. The molecule has 1 aliphatic heterocycles. The zero-order chi connectivity index (χ0) is 20.4. The summed E-state index contributed by atoms with van der Waals surface area (Å²) >= 11 is 0. The van der Waals surface area contributed by atoms with Gasteiger partial charge in [0.25, 0.3) is 0 Å². The van der Waals surface area contributed by atoms with Crippen molar-refractivity contribution in [2.45, 2.75) is 25.7 Å². The number of aliphatic carboxylic acids is 1. The van der Waals surface area contributed by atoms with Gasteiger partial charge in [-0.1, -0.05) is 30.7 Å². The lowest BCUT2D eigenvalue weighted by Gasteiger charge is -2.30. The zero-order valence-electron chi connectivity index (χ0n) is 16.1. The quantitative estimate of drug-likeness (QED) is 0.801. The lowest BCUT2D eigenvalue weighted by molar-refractivity contribution is -0.150. The Bertz CT molecular complexity index is 892. The highest BCUT2D eigenvalue weighted by Gasteiger charge is 2.48. The predicted octanol–water partition coefficient (Wildman–Crippen LogP) is 3.97. The third kappa shape index (κ3) is 3.97. The first-order chi connectivity index (χ1) is 14.0. The molecule has 1 heterocycles. The molecule has 0 aromatic heterocycles. The number of carbonyl (C=O) groups excluding carboxylic acids is 1. The van der Waals surface area contributed by atoms with Gasteiger partial charge in [0.05, 0.1) is 0 Å². The highest BCUT2D eigenvalue weighted by atomic mass is 19.1. The van der Waals surface area contributed by atoms with Crippen LogP contribution in [0.15, 0.2) is 48.5 Å². The third-order valence-corrected chi connectivity index (χ3v) is 6.12. The SMILES string of the molecule is O=C(C1CCC1)N1CCC(COc2ccc(-c3ccc(F)cc3)cc2)(C(=O)O)C1. The molecule has 5 nitrogen and oxygen atoms in total. The van der Waals surface area contributed by atoms with Crippen LogP contribution in [0.1, 0.15) is 25.7 Å². The number of carbonyl (C=O) groups is 2. The molecule has 2 aromatic rings. The van der Waals surface area contributed by atoms with Gasteiger partial charge < -0.3 is 14.7 Å². The Morgan fingerprint density at radius 2 is 1.69 bits per heavy atom. The summed E-state index contributed by atoms with van der Waals surface area (Å²) in [5.74, 6) is -0.485. The van der Waals surface area contributed by atoms with Gasteiger partial charge in [0, 0.05) is 19.0 Å². The van der Waals surface area contributed by atoms with Crippen LogP contribution in [0, 0.1) is 17.2 Å². The summed E-state index contributed by atoms with van der Waals surface area (Å²) in [7, 11) is 0. The van der Waals surface area contributed by atoms with Crippen LogP contribution in [-0.4, -0.2) is 41.6 Å². The fourth-order valence-corrected chi connectivity index (χ4v) is 3.94. The molecule has 1 unspecified atom stereocenters. The lowest BCUT2D eigenvalue weighted by atomic mass is 9.84. The first-order valence-corrected chi connectivity index (χ1v) is 9.98. The van der Waals surface area contributed by atoms with Gasteiger partial charge in [-0.3, -0.25) is 9.59 Å². The van der Waals surface area contributed by atoms with Crippen LogP contribution < -0.4 is 4.74 Å². The highest BCUT2D eigenvalue weighted by Crippen LogP contribution is 2.36. The third-order valence-electron chi connectivity index (χ3n) is 6.12. The normalized spacial score (nSPS) is 21.6. The summed E-state index contributed by atoms with van der Waals surface area (Å²) < 4.78 is 18.9. The maximum Gasteiger partial charge on any atom is 0.315 e. The first kappa shape index (κ1) is 19.4. The fourth-order valence-electron chi connectivity index (χ4n) is 3.94. The van der Waals surface area contributed by atoms with Gasteiger partial charge in [-0.15, -0.1) is 0 Å². The molecule has 2 fully saturated rings. The van der Waals surface area contributed by atoms with Crippen LogP contribution in [0.4, 0.5) is 4.39 Å². The number of carboxylic acids is 1. The molecule has 0 radical (unpaired) electrons. The van der Waals surface area contributed by atoms with Crippen LogP contribution in [0.5, 0.6) is 5.75 Å². The molecule has 0 bridgehead atoms. The van der Waals surface area contributed by atoms with Gasteiger partial charge >= 0.3 is 5.97 Å². The molecule has 1 aliphatic carbocycles. The molecule has 2 aromatic carbocycles. The predicted molar refractivity (Wildman–Crippen MR) is 106 cm³/mol. The number of nitrogens with zero attached hydrogens (tertiary/aromatic N) is 1. The van der Waals surface area contributed by atoms with E-state index in [0.29, 0.717) is 18.7 Å². The van der Waals surface area contributed by atoms with Gasteiger partial charge in [0.15, 0.2) is 0 Å². The van der Waals surface area contributed by atoms with Gasteiger partial charge in [0.2, 0.25) is 5.91 Å². The van der Waals surface area contributed by atoms with Crippen molar-refractivity contribution in [3.05, 3.63) is 54.3 Å². The average Bonchev–Trinajstić information content (AvgIpc) is 3.12. The van der Waals surface area contributed by atoms with Crippen LogP contribution in [-0.2, 0) is 9.59 Å². The average molecular weight is 397 g/mol. The number of rotatable bonds is 6. The molecular weight excluding hydrogens is 373 g/mol. The lowest BCUT2D eigenvalue weighted by Crippen LogP contribution is -2.43. The van der Waals surface area contributed by atoms with E-state index in [1.54, 1.807) is 29.2 Å². The topological polar surface area (TPSA) is 66.8 Å². The van der Waals surface area contributed by atoms with E-state index in [9.17, 15) is 19.1 Å². The second-order valence-electron chi connectivity index (χ2n) is 8.04. The first-order valence-electron chi connectivity index (χ1n) is 9.98. The Hall–Kier alpha value is -2.89. The Labute approximate surface area is 169 Å². The van der Waals surface area contributed by atoms with E-state index in [2.05, 4.69) is 0 Å². The largest absolute Gasteiger partial charge is 0.492 e. The van der Waals surface area contributed by atoms with Gasteiger partial charge in [-0.2, -0.15) is 0 Å². The second-order valence-corrected chi connectivity index (χ2v) is 8.04. The Morgan fingerprint density at radius 1 is 1.07 bits per heavy atom. The molecule has 0 spiro atoms. The summed E-state index contributed by atoms with van der Waals surface area (Å²) in [6.45, 7) is 0.687. The van der Waals surface area contributed by atoms with Crippen molar-refractivity contribution < 1.29 is 23.8 Å². The molecule has 4 rings (SSSR count). The number of hydrogen-bond acceptors (Lipinski definition) is 3. The minimum Gasteiger partial charge on any atom is -0.492 e. The summed E-state index contributed by atoms with van der Waals surface area (Å²) in [6, 6.07) is 13.5. The molecule has 2 aliphatic rings. The van der Waals surface area contributed by atoms with Crippen molar-refractivity contribution in [3.63, 3.8) is 0 Å². The molecule has 1 saturated carbocycles. The van der Waals surface area contributed by atoms with Crippen molar-refractivity contribution in [1.29, 1.82) is 0 Å². The molecule has 29 heavy (non-hydrogen) atoms. The number of likely N-dealkylation sites (tertiary alicyclic amines) is 1. The monoisotopic (exact) mass is 397 g/mol. The molecule has 1 amide bonds. The van der Waals surface area contributed by atoms with Crippen LogP contribution in [0.2, 0.25) is 0 Å². The smallest absolute Gasteiger partial charge is 0.315 e. The zero-order valence-corrected chi connectivity index (χ0v) is 16.1. The number of halogens is 1.